The summed E-state index contributed by atoms with van der Waals surface area (Å²) in [6.45, 7) is 6.85. The Morgan fingerprint density at radius 2 is 2.22 bits per heavy atom. The second-order valence-corrected chi connectivity index (χ2v) is 4.47. The zero-order chi connectivity index (χ0) is 13.5. The molecule has 18 heavy (non-hydrogen) atoms. The number of likely N-dealkylation sites (tertiary alicyclic amines) is 1. The Morgan fingerprint density at radius 3 is 2.83 bits per heavy atom. The van der Waals surface area contributed by atoms with Gasteiger partial charge in [-0.25, -0.2) is 4.79 Å². The van der Waals surface area contributed by atoms with E-state index in [1.165, 1.54) is 0 Å². The lowest BCUT2D eigenvalue weighted by molar-refractivity contribution is -0.148. The Bertz CT molecular complexity index is 296. The van der Waals surface area contributed by atoms with E-state index in [4.69, 9.17) is 10.5 Å². The monoisotopic (exact) mass is 257 g/mol. The molecule has 0 aromatic heterocycles. The fourth-order valence-corrected chi connectivity index (χ4v) is 2.09. The number of nitrogens with two attached hydrogens (primary N) is 1. The molecule has 0 radical (unpaired) electrons. The zero-order valence-corrected chi connectivity index (χ0v) is 11.1. The van der Waals surface area contributed by atoms with Crippen molar-refractivity contribution >= 4 is 11.9 Å². The molecule has 1 amide bonds. The maximum Gasteiger partial charge on any atom is 0.332 e. The van der Waals surface area contributed by atoms with E-state index in [1.807, 2.05) is 0 Å². The van der Waals surface area contributed by atoms with E-state index in [0.29, 0.717) is 0 Å². The molecule has 0 aromatic rings. The van der Waals surface area contributed by atoms with Crippen molar-refractivity contribution in [3.8, 4) is 0 Å². The third-order valence-corrected chi connectivity index (χ3v) is 3.12. The molecule has 0 saturated carbocycles. The van der Waals surface area contributed by atoms with E-state index in [0.717, 1.165) is 32.5 Å². The van der Waals surface area contributed by atoms with Gasteiger partial charge in [-0.1, -0.05) is 6.92 Å². The summed E-state index contributed by atoms with van der Waals surface area (Å²) in [5.41, 5.74) is 5.53. The molecule has 6 nitrogen and oxygen atoms in total. The van der Waals surface area contributed by atoms with Crippen LogP contribution in [-0.4, -0.2) is 55.1 Å². The molecule has 2 atom stereocenters. The molecule has 1 heterocycles. The van der Waals surface area contributed by atoms with Crippen LogP contribution in [0.3, 0.4) is 0 Å². The topological polar surface area (TPSA) is 84.7 Å². The van der Waals surface area contributed by atoms with Crippen molar-refractivity contribution in [3.63, 3.8) is 0 Å². The third kappa shape index (κ3) is 4.27. The van der Waals surface area contributed by atoms with E-state index in [2.05, 4.69) is 17.1 Å². The van der Waals surface area contributed by atoms with Crippen LogP contribution < -0.4 is 11.1 Å². The van der Waals surface area contributed by atoms with Crippen LogP contribution in [-0.2, 0) is 14.3 Å². The first-order chi connectivity index (χ1) is 8.58. The summed E-state index contributed by atoms with van der Waals surface area (Å²) in [4.78, 5) is 25.4. The number of carbonyl (C=O) groups is 2. The minimum atomic E-state index is -1.22. The lowest BCUT2D eigenvalue weighted by atomic mass is 10.1. The van der Waals surface area contributed by atoms with E-state index in [9.17, 15) is 9.59 Å². The molecular formula is C12H23N3O3. The van der Waals surface area contributed by atoms with E-state index in [1.54, 1.807) is 6.92 Å². The number of carbonyl (C=O) groups excluding carboxylic acids is 2. The predicted octanol–water partition coefficient (Wildman–Crippen LogP) is -0.523. The highest BCUT2D eigenvalue weighted by Gasteiger charge is 2.27. The predicted molar refractivity (Wildman–Crippen MR) is 67.9 cm³/mol. The van der Waals surface area contributed by atoms with E-state index in [-0.39, 0.29) is 12.6 Å². The average Bonchev–Trinajstić information content (AvgIpc) is 2.38. The molecular weight excluding hydrogens is 234 g/mol. The molecule has 0 aromatic carbocycles. The first-order valence-electron chi connectivity index (χ1n) is 6.53. The molecule has 1 aliphatic heterocycles. The lowest BCUT2D eigenvalue weighted by Gasteiger charge is -2.32. The largest absolute Gasteiger partial charge is 0.464 e. The van der Waals surface area contributed by atoms with E-state index < -0.39 is 17.9 Å². The van der Waals surface area contributed by atoms with Gasteiger partial charge in [0.2, 0.25) is 5.91 Å². The van der Waals surface area contributed by atoms with Crippen LogP contribution in [0.2, 0.25) is 0 Å². The molecule has 6 heteroatoms. The number of ether oxygens (including phenoxy) is 1. The SMILES string of the molecule is CCOC(=O)C(N)C(=O)NC1CCCN(CC)C1. The third-order valence-electron chi connectivity index (χ3n) is 3.12. The smallest absolute Gasteiger partial charge is 0.332 e. The summed E-state index contributed by atoms with van der Waals surface area (Å²) in [6, 6.07) is -1.14. The standard InChI is InChI=1S/C12H23N3O3/c1-3-15-7-5-6-9(8-15)14-11(16)10(13)12(17)18-4-2/h9-10H,3-8,13H2,1-2H3,(H,14,16). The van der Waals surface area contributed by atoms with Gasteiger partial charge >= 0.3 is 5.97 Å². The number of nitrogens with zero attached hydrogens (tertiary/aromatic N) is 1. The van der Waals surface area contributed by atoms with Gasteiger partial charge in [0.25, 0.3) is 0 Å². The molecule has 1 fully saturated rings. The fraction of sp³-hybridized carbons (Fsp3) is 0.833. The van der Waals surface area contributed by atoms with Crippen molar-refractivity contribution in [1.29, 1.82) is 0 Å². The number of amides is 1. The Balaban J connectivity index is 2.41. The van der Waals surface area contributed by atoms with Crippen LogP contribution in [0.5, 0.6) is 0 Å². The Kier molecular flexibility index (Phi) is 6.07. The maximum atomic E-state index is 11.8. The van der Waals surface area contributed by atoms with Gasteiger partial charge < -0.3 is 20.7 Å². The molecule has 1 aliphatic rings. The van der Waals surface area contributed by atoms with Crippen molar-refractivity contribution in [2.45, 2.75) is 38.8 Å². The summed E-state index contributed by atoms with van der Waals surface area (Å²) in [5, 5.41) is 2.82. The van der Waals surface area contributed by atoms with E-state index >= 15 is 0 Å². The number of hydrogen-bond acceptors (Lipinski definition) is 5. The maximum absolute atomic E-state index is 11.8. The van der Waals surface area contributed by atoms with Gasteiger partial charge in [0, 0.05) is 12.6 Å². The van der Waals surface area contributed by atoms with Gasteiger partial charge in [0.1, 0.15) is 0 Å². The molecule has 0 spiro atoms. The van der Waals surface area contributed by atoms with Crippen LogP contribution >= 0.6 is 0 Å². The van der Waals surface area contributed by atoms with Gasteiger partial charge in [-0.15, -0.1) is 0 Å². The minimum absolute atomic E-state index is 0.0756. The highest BCUT2D eigenvalue weighted by atomic mass is 16.5. The number of esters is 1. The quantitative estimate of drug-likeness (QED) is 0.511. The first-order valence-corrected chi connectivity index (χ1v) is 6.53. The summed E-state index contributed by atoms with van der Waals surface area (Å²) < 4.78 is 4.72. The van der Waals surface area contributed by atoms with Gasteiger partial charge in [0.15, 0.2) is 6.04 Å². The van der Waals surface area contributed by atoms with Crippen LogP contribution in [0, 0.1) is 0 Å². The van der Waals surface area contributed by atoms with Crippen LogP contribution in [0.15, 0.2) is 0 Å². The normalized spacial score (nSPS) is 22.3. The second kappa shape index (κ2) is 7.33. The number of rotatable bonds is 5. The Hall–Kier alpha value is -1.14. The minimum Gasteiger partial charge on any atom is -0.464 e. The molecule has 1 saturated heterocycles. The van der Waals surface area contributed by atoms with Crippen molar-refractivity contribution in [3.05, 3.63) is 0 Å². The van der Waals surface area contributed by atoms with Crippen LogP contribution in [0.4, 0.5) is 0 Å². The first kappa shape index (κ1) is 14.9. The number of hydrogen-bond donors (Lipinski definition) is 2. The second-order valence-electron chi connectivity index (χ2n) is 4.47. The number of nitrogens with one attached hydrogen (secondary N) is 1. The van der Waals surface area contributed by atoms with Crippen molar-refractivity contribution < 1.29 is 14.3 Å². The zero-order valence-electron chi connectivity index (χ0n) is 11.1. The summed E-state index contributed by atoms with van der Waals surface area (Å²) in [6.07, 6.45) is 1.98. The van der Waals surface area contributed by atoms with Crippen LogP contribution in [0.1, 0.15) is 26.7 Å². The lowest BCUT2D eigenvalue weighted by Crippen LogP contribution is -2.54. The van der Waals surface area contributed by atoms with Gasteiger partial charge in [-0.3, -0.25) is 4.79 Å². The molecule has 3 N–H and O–H groups in total. The highest BCUT2D eigenvalue weighted by Crippen LogP contribution is 2.09. The highest BCUT2D eigenvalue weighted by molar-refractivity contribution is 6.01. The van der Waals surface area contributed by atoms with Crippen molar-refractivity contribution in [2.75, 3.05) is 26.2 Å². The molecule has 0 bridgehead atoms. The molecule has 104 valence electrons. The molecule has 2 unspecified atom stereocenters. The summed E-state index contributed by atoms with van der Waals surface area (Å²) >= 11 is 0. The molecule has 1 rings (SSSR count). The number of piperidine rings is 1. The molecule has 0 aliphatic carbocycles. The van der Waals surface area contributed by atoms with Crippen LogP contribution in [0.25, 0.3) is 0 Å². The Labute approximate surface area is 108 Å². The summed E-state index contributed by atoms with van der Waals surface area (Å²) in [5.74, 6) is -1.12. The van der Waals surface area contributed by atoms with Gasteiger partial charge in [0.05, 0.1) is 6.61 Å². The average molecular weight is 257 g/mol. The Morgan fingerprint density at radius 1 is 1.50 bits per heavy atom. The number of likely N-dealkylation sites (N-methyl/N-ethyl adjacent to an activating group) is 1. The van der Waals surface area contributed by atoms with Gasteiger partial charge in [-0.2, -0.15) is 0 Å². The van der Waals surface area contributed by atoms with Crippen molar-refractivity contribution in [1.82, 2.24) is 10.2 Å². The van der Waals surface area contributed by atoms with Crippen molar-refractivity contribution in [2.24, 2.45) is 5.73 Å². The summed E-state index contributed by atoms with van der Waals surface area (Å²) in [7, 11) is 0. The van der Waals surface area contributed by atoms with Gasteiger partial charge in [-0.05, 0) is 32.9 Å². The fourth-order valence-electron chi connectivity index (χ4n) is 2.09.